The van der Waals surface area contributed by atoms with Gasteiger partial charge in [-0.15, -0.1) is 0 Å². The molecule has 2 aliphatic heterocycles. The number of hydrogen-bond donors (Lipinski definition) is 1. The maximum absolute atomic E-state index is 13.2. The maximum atomic E-state index is 13.2. The molecule has 0 aliphatic carbocycles. The topological polar surface area (TPSA) is 108 Å². The van der Waals surface area contributed by atoms with Crippen molar-refractivity contribution in [3.05, 3.63) is 64.7 Å². The van der Waals surface area contributed by atoms with Crippen molar-refractivity contribution in [2.75, 3.05) is 31.1 Å². The van der Waals surface area contributed by atoms with E-state index in [-0.39, 0.29) is 5.91 Å². The second-order valence-corrected chi connectivity index (χ2v) is 10.6. The highest BCUT2D eigenvalue weighted by molar-refractivity contribution is 7.89. The largest absolute Gasteiger partial charge is 0.370 e. The molecule has 8 heteroatoms. The number of piperidine rings is 1. The first-order valence-electron chi connectivity index (χ1n) is 10.9. The number of carbonyl (C=O) groups excluding carboxylic acids is 1. The second kappa shape index (κ2) is 8.93. The maximum Gasteiger partial charge on any atom is 0.253 e. The standard InChI is InChI=1S/C24H28N4O3S/c1-17-2-5-21(14-23(17)28-13-10-22(16-28)32(26,30)31)24(29)27-11-8-20(9-12-27)19-6-3-18(15-25)4-7-19/h2-7,14,20,22H,8-13,16H2,1H3,(H2,26,30,31). The number of carbonyl (C=O) groups is 1. The minimum atomic E-state index is -3.56. The van der Waals surface area contributed by atoms with Gasteiger partial charge < -0.3 is 9.80 Å². The summed E-state index contributed by atoms with van der Waals surface area (Å²) in [6, 6.07) is 15.5. The Morgan fingerprint density at radius 3 is 2.34 bits per heavy atom. The number of amides is 1. The van der Waals surface area contributed by atoms with Gasteiger partial charge in [-0.3, -0.25) is 4.79 Å². The first-order chi connectivity index (χ1) is 15.3. The van der Waals surface area contributed by atoms with Crippen LogP contribution in [0.5, 0.6) is 0 Å². The summed E-state index contributed by atoms with van der Waals surface area (Å²) in [5.41, 5.74) is 4.41. The van der Waals surface area contributed by atoms with Gasteiger partial charge in [-0.05, 0) is 67.5 Å². The second-order valence-electron chi connectivity index (χ2n) is 8.75. The molecular formula is C24H28N4O3S. The van der Waals surface area contributed by atoms with Crippen LogP contribution in [-0.4, -0.2) is 50.7 Å². The normalized spacial score (nSPS) is 19.7. The van der Waals surface area contributed by atoms with Crippen LogP contribution in [0.1, 0.15) is 52.2 Å². The fraction of sp³-hybridized carbons (Fsp3) is 0.417. The third-order valence-corrected chi connectivity index (χ3v) is 8.01. The first kappa shape index (κ1) is 22.3. The van der Waals surface area contributed by atoms with E-state index < -0.39 is 15.3 Å². The number of hydrogen-bond acceptors (Lipinski definition) is 5. The fourth-order valence-corrected chi connectivity index (χ4v) is 5.55. The Morgan fingerprint density at radius 2 is 1.75 bits per heavy atom. The summed E-state index contributed by atoms with van der Waals surface area (Å²) in [6.45, 7) is 4.30. The van der Waals surface area contributed by atoms with E-state index in [4.69, 9.17) is 10.4 Å². The van der Waals surface area contributed by atoms with Gasteiger partial charge >= 0.3 is 0 Å². The molecule has 2 aliphatic rings. The van der Waals surface area contributed by atoms with E-state index in [1.165, 1.54) is 5.56 Å². The molecule has 2 fully saturated rings. The molecule has 0 radical (unpaired) electrons. The Morgan fingerprint density at radius 1 is 1.06 bits per heavy atom. The molecule has 2 saturated heterocycles. The third-order valence-electron chi connectivity index (χ3n) is 6.70. The minimum Gasteiger partial charge on any atom is -0.370 e. The van der Waals surface area contributed by atoms with Crippen molar-refractivity contribution in [3.8, 4) is 6.07 Å². The summed E-state index contributed by atoms with van der Waals surface area (Å²) in [7, 11) is -3.56. The molecule has 4 rings (SSSR count). The Kier molecular flexibility index (Phi) is 6.22. The number of rotatable bonds is 4. The van der Waals surface area contributed by atoms with E-state index in [9.17, 15) is 13.2 Å². The zero-order valence-corrected chi connectivity index (χ0v) is 19.0. The molecule has 1 amide bonds. The molecule has 7 nitrogen and oxygen atoms in total. The van der Waals surface area contributed by atoms with Gasteiger partial charge in [-0.2, -0.15) is 5.26 Å². The lowest BCUT2D eigenvalue weighted by Crippen LogP contribution is -2.38. The average Bonchev–Trinajstić information content (AvgIpc) is 3.30. The zero-order valence-electron chi connectivity index (χ0n) is 18.2. The molecule has 0 bridgehead atoms. The number of nitrogens with zero attached hydrogens (tertiary/aromatic N) is 3. The Hall–Kier alpha value is -2.89. The lowest BCUT2D eigenvalue weighted by molar-refractivity contribution is 0.0713. The van der Waals surface area contributed by atoms with Crippen molar-refractivity contribution in [1.29, 1.82) is 5.26 Å². The van der Waals surface area contributed by atoms with Gasteiger partial charge in [-0.25, -0.2) is 13.6 Å². The number of benzene rings is 2. The van der Waals surface area contributed by atoms with Gasteiger partial charge in [0.2, 0.25) is 10.0 Å². The third kappa shape index (κ3) is 4.64. The summed E-state index contributed by atoms with van der Waals surface area (Å²) in [5, 5.41) is 13.7. The molecule has 32 heavy (non-hydrogen) atoms. The molecule has 0 aromatic heterocycles. The summed E-state index contributed by atoms with van der Waals surface area (Å²) in [5.74, 6) is 0.395. The van der Waals surface area contributed by atoms with Crippen LogP contribution < -0.4 is 10.0 Å². The quantitative estimate of drug-likeness (QED) is 0.767. The number of primary sulfonamides is 1. The SMILES string of the molecule is Cc1ccc(C(=O)N2CCC(c3ccc(C#N)cc3)CC2)cc1N1CCC(S(N)(=O)=O)C1. The number of anilines is 1. The molecule has 1 unspecified atom stereocenters. The lowest BCUT2D eigenvalue weighted by Gasteiger charge is -2.32. The minimum absolute atomic E-state index is 0.00622. The van der Waals surface area contributed by atoms with E-state index in [0.29, 0.717) is 49.6 Å². The van der Waals surface area contributed by atoms with Crippen LogP contribution in [0.4, 0.5) is 5.69 Å². The predicted octanol–water partition coefficient (Wildman–Crippen LogP) is 2.75. The molecule has 1 atom stereocenters. The Labute approximate surface area is 189 Å². The van der Waals surface area contributed by atoms with E-state index >= 15 is 0 Å². The average molecular weight is 453 g/mol. The van der Waals surface area contributed by atoms with Crippen LogP contribution in [-0.2, 0) is 10.0 Å². The summed E-state index contributed by atoms with van der Waals surface area (Å²) in [6.07, 6.45) is 2.27. The molecule has 2 N–H and O–H groups in total. The fourth-order valence-electron chi connectivity index (χ4n) is 4.73. The van der Waals surface area contributed by atoms with Crippen molar-refractivity contribution in [1.82, 2.24) is 4.90 Å². The van der Waals surface area contributed by atoms with E-state index in [1.807, 2.05) is 59.2 Å². The van der Waals surface area contributed by atoms with E-state index in [0.717, 1.165) is 24.1 Å². The molecule has 2 aromatic rings. The van der Waals surface area contributed by atoms with Crippen LogP contribution >= 0.6 is 0 Å². The number of nitriles is 1. The van der Waals surface area contributed by atoms with Crippen LogP contribution in [0.15, 0.2) is 42.5 Å². The molecule has 0 spiro atoms. The van der Waals surface area contributed by atoms with Crippen LogP contribution in [0, 0.1) is 18.3 Å². The highest BCUT2D eigenvalue weighted by atomic mass is 32.2. The van der Waals surface area contributed by atoms with Crippen molar-refractivity contribution >= 4 is 21.6 Å². The Balaban J connectivity index is 1.43. The molecule has 168 valence electrons. The summed E-state index contributed by atoms with van der Waals surface area (Å²) in [4.78, 5) is 17.1. The Bertz CT molecular complexity index is 1150. The van der Waals surface area contributed by atoms with E-state index in [1.54, 1.807) is 0 Å². The molecule has 2 aromatic carbocycles. The van der Waals surface area contributed by atoms with Crippen molar-refractivity contribution in [2.24, 2.45) is 5.14 Å². The molecule has 0 saturated carbocycles. The van der Waals surface area contributed by atoms with E-state index in [2.05, 4.69) is 6.07 Å². The predicted molar refractivity (Wildman–Crippen MR) is 124 cm³/mol. The number of likely N-dealkylation sites (tertiary alicyclic amines) is 1. The van der Waals surface area contributed by atoms with Gasteiger partial charge in [-0.1, -0.05) is 18.2 Å². The van der Waals surface area contributed by atoms with Crippen molar-refractivity contribution in [3.63, 3.8) is 0 Å². The number of sulfonamides is 1. The zero-order chi connectivity index (χ0) is 22.9. The first-order valence-corrected chi connectivity index (χ1v) is 12.5. The lowest BCUT2D eigenvalue weighted by atomic mass is 9.89. The van der Waals surface area contributed by atoms with Crippen LogP contribution in [0.25, 0.3) is 0 Å². The van der Waals surface area contributed by atoms with Gasteiger partial charge in [0.05, 0.1) is 16.9 Å². The highest BCUT2D eigenvalue weighted by Crippen LogP contribution is 2.31. The van der Waals surface area contributed by atoms with Gasteiger partial charge in [0.25, 0.3) is 5.91 Å². The van der Waals surface area contributed by atoms with Gasteiger partial charge in [0.1, 0.15) is 0 Å². The monoisotopic (exact) mass is 452 g/mol. The van der Waals surface area contributed by atoms with Crippen molar-refractivity contribution < 1.29 is 13.2 Å². The van der Waals surface area contributed by atoms with Crippen LogP contribution in [0.2, 0.25) is 0 Å². The van der Waals surface area contributed by atoms with Gasteiger partial charge in [0, 0.05) is 37.4 Å². The number of aryl methyl sites for hydroxylation is 1. The van der Waals surface area contributed by atoms with Crippen LogP contribution in [0.3, 0.4) is 0 Å². The smallest absolute Gasteiger partial charge is 0.253 e. The van der Waals surface area contributed by atoms with Gasteiger partial charge in [0.15, 0.2) is 0 Å². The number of nitrogens with two attached hydrogens (primary N) is 1. The molecular weight excluding hydrogens is 424 g/mol. The summed E-state index contributed by atoms with van der Waals surface area (Å²) < 4.78 is 23.4. The highest BCUT2D eigenvalue weighted by Gasteiger charge is 2.32. The van der Waals surface area contributed by atoms with Crippen molar-refractivity contribution in [2.45, 2.75) is 37.4 Å². The summed E-state index contributed by atoms with van der Waals surface area (Å²) >= 11 is 0. The molecule has 2 heterocycles.